The Morgan fingerprint density at radius 2 is 1.70 bits per heavy atom. The van der Waals surface area contributed by atoms with Crippen LogP contribution in [0.3, 0.4) is 0 Å². The molecule has 0 radical (unpaired) electrons. The van der Waals surface area contributed by atoms with E-state index in [2.05, 4.69) is 5.10 Å². The molecule has 0 N–H and O–H groups in total. The van der Waals surface area contributed by atoms with Crippen LogP contribution in [0, 0.1) is 18.6 Å². The average Bonchev–Trinajstić information content (AvgIpc) is 3.01. The standard InChI is InChI=1S/C18H14F4N2O2S/c1-10-7-12(4-5-13(10)19)24-16(9-15(23-24)18(21)22)11-3-6-17(14(20)8-11)27(2,25)26/h3-9,18H,1-2H3. The topological polar surface area (TPSA) is 52.0 Å². The van der Waals surface area contributed by atoms with Crippen molar-refractivity contribution >= 4 is 9.84 Å². The summed E-state index contributed by atoms with van der Waals surface area (Å²) in [5.74, 6) is -1.47. The third-order valence-electron chi connectivity index (χ3n) is 3.97. The Hall–Kier alpha value is -2.68. The molecule has 9 heteroatoms. The zero-order valence-electron chi connectivity index (χ0n) is 14.2. The molecular weight excluding hydrogens is 384 g/mol. The summed E-state index contributed by atoms with van der Waals surface area (Å²) in [7, 11) is -3.77. The van der Waals surface area contributed by atoms with Gasteiger partial charge in [0.25, 0.3) is 6.43 Å². The molecule has 3 rings (SSSR count). The van der Waals surface area contributed by atoms with Crippen LogP contribution in [0.1, 0.15) is 17.7 Å². The number of nitrogens with zero attached hydrogens (tertiary/aromatic N) is 2. The molecule has 3 aromatic rings. The Morgan fingerprint density at radius 1 is 1.00 bits per heavy atom. The summed E-state index contributed by atoms with van der Waals surface area (Å²) in [6.07, 6.45) is -2.00. The van der Waals surface area contributed by atoms with E-state index in [0.29, 0.717) is 5.69 Å². The van der Waals surface area contributed by atoms with Gasteiger partial charge >= 0.3 is 0 Å². The second-order valence-corrected chi connectivity index (χ2v) is 8.00. The molecule has 2 aromatic carbocycles. The van der Waals surface area contributed by atoms with E-state index < -0.39 is 38.5 Å². The Balaban J connectivity index is 2.20. The number of aryl methyl sites for hydroxylation is 1. The van der Waals surface area contributed by atoms with E-state index in [4.69, 9.17) is 0 Å². The van der Waals surface area contributed by atoms with Crippen molar-refractivity contribution in [3.63, 3.8) is 0 Å². The van der Waals surface area contributed by atoms with Crippen molar-refractivity contribution in [2.75, 3.05) is 6.26 Å². The maximum absolute atomic E-state index is 14.2. The SMILES string of the molecule is Cc1cc(-n2nc(C(F)F)cc2-c2ccc(S(C)(=O)=O)c(F)c2)ccc1F. The predicted molar refractivity (Wildman–Crippen MR) is 91.7 cm³/mol. The highest BCUT2D eigenvalue weighted by atomic mass is 32.2. The summed E-state index contributed by atoms with van der Waals surface area (Å²) in [4.78, 5) is -0.496. The fourth-order valence-electron chi connectivity index (χ4n) is 2.63. The minimum absolute atomic E-state index is 0.121. The van der Waals surface area contributed by atoms with Gasteiger partial charge in [0.1, 0.15) is 22.2 Å². The molecule has 0 spiro atoms. The van der Waals surface area contributed by atoms with E-state index in [1.54, 1.807) is 0 Å². The van der Waals surface area contributed by atoms with Gasteiger partial charge in [0, 0.05) is 11.8 Å². The molecule has 1 aromatic heterocycles. The van der Waals surface area contributed by atoms with Crippen molar-refractivity contribution in [1.82, 2.24) is 9.78 Å². The lowest BCUT2D eigenvalue weighted by Crippen LogP contribution is -2.03. The van der Waals surface area contributed by atoms with Gasteiger partial charge in [0.15, 0.2) is 9.84 Å². The van der Waals surface area contributed by atoms with Crippen molar-refractivity contribution in [1.29, 1.82) is 0 Å². The Morgan fingerprint density at radius 3 is 2.26 bits per heavy atom. The number of halogens is 4. The van der Waals surface area contributed by atoms with Gasteiger partial charge in [-0.05, 0) is 48.9 Å². The Kier molecular flexibility index (Phi) is 4.81. The number of hydrogen-bond acceptors (Lipinski definition) is 3. The highest BCUT2D eigenvalue weighted by molar-refractivity contribution is 7.90. The molecule has 0 fully saturated rings. The van der Waals surface area contributed by atoms with Crippen molar-refractivity contribution in [2.24, 2.45) is 0 Å². The van der Waals surface area contributed by atoms with Crippen LogP contribution in [0.2, 0.25) is 0 Å². The molecule has 27 heavy (non-hydrogen) atoms. The van der Waals surface area contributed by atoms with E-state index in [-0.39, 0.29) is 16.8 Å². The van der Waals surface area contributed by atoms with Gasteiger partial charge < -0.3 is 0 Å². The van der Waals surface area contributed by atoms with E-state index in [1.165, 1.54) is 31.2 Å². The summed E-state index contributed by atoms with van der Waals surface area (Å²) in [5.41, 5.74) is 0.325. The number of rotatable bonds is 4. The van der Waals surface area contributed by atoms with E-state index in [1.807, 2.05) is 0 Å². The van der Waals surface area contributed by atoms with E-state index >= 15 is 0 Å². The number of benzene rings is 2. The van der Waals surface area contributed by atoms with Gasteiger partial charge in [-0.1, -0.05) is 6.07 Å². The zero-order chi connectivity index (χ0) is 19.9. The minimum Gasteiger partial charge on any atom is -0.233 e. The van der Waals surface area contributed by atoms with Crippen LogP contribution in [-0.2, 0) is 9.84 Å². The highest BCUT2D eigenvalue weighted by Gasteiger charge is 2.20. The molecule has 0 aliphatic heterocycles. The molecular formula is C18H14F4N2O2S. The lowest BCUT2D eigenvalue weighted by molar-refractivity contribution is 0.145. The van der Waals surface area contributed by atoms with E-state index in [9.17, 15) is 26.0 Å². The molecule has 142 valence electrons. The van der Waals surface area contributed by atoms with Gasteiger partial charge in [0.2, 0.25) is 0 Å². The number of aromatic nitrogens is 2. The van der Waals surface area contributed by atoms with Crippen LogP contribution in [0.15, 0.2) is 47.4 Å². The third kappa shape index (κ3) is 3.73. The first kappa shape index (κ1) is 19.1. The first-order valence-electron chi connectivity index (χ1n) is 7.72. The van der Waals surface area contributed by atoms with Crippen LogP contribution in [0.4, 0.5) is 17.6 Å². The van der Waals surface area contributed by atoms with E-state index in [0.717, 1.165) is 29.1 Å². The molecule has 0 saturated carbocycles. The van der Waals surface area contributed by atoms with Crippen LogP contribution in [0.5, 0.6) is 0 Å². The predicted octanol–water partition coefficient (Wildman–Crippen LogP) is 4.47. The van der Waals surface area contributed by atoms with Gasteiger partial charge in [-0.2, -0.15) is 5.10 Å². The lowest BCUT2D eigenvalue weighted by atomic mass is 10.1. The molecule has 4 nitrogen and oxygen atoms in total. The second-order valence-electron chi connectivity index (χ2n) is 6.02. The largest absolute Gasteiger partial charge is 0.282 e. The van der Waals surface area contributed by atoms with Gasteiger partial charge in [0.05, 0.1) is 11.4 Å². The number of hydrogen-bond donors (Lipinski definition) is 0. The molecule has 0 saturated heterocycles. The van der Waals surface area contributed by atoms with Gasteiger partial charge in [-0.25, -0.2) is 30.7 Å². The Labute approximate surface area is 153 Å². The Bertz CT molecular complexity index is 1120. The molecule has 1 heterocycles. The summed E-state index contributed by atoms with van der Waals surface area (Å²) in [6, 6.07) is 8.34. The fraction of sp³-hybridized carbons (Fsp3) is 0.167. The van der Waals surface area contributed by atoms with Crippen molar-refractivity contribution in [2.45, 2.75) is 18.2 Å². The van der Waals surface area contributed by atoms with Crippen LogP contribution in [0.25, 0.3) is 16.9 Å². The molecule has 0 atom stereocenters. The van der Waals surface area contributed by atoms with Crippen LogP contribution in [-0.4, -0.2) is 24.5 Å². The molecule has 0 amide bonds. The lowest BCUT2D eigenvalue weighted by Gasteiger charge is -2.10. The number of alkyl halides is 2. The van der Waals surface area contributed by atoms with Gasteiger partial charge in [-0.3, -0.25) is 0 Å². The summed E-state index contributed by atoms with van der Waals surface area (Å²) < 4.78 is 78.3. The first-order valence-corrected chi connectivity index (χ1v) is 9.61. The highest BCUT2D eigenvalue weighted by Crippen LogP contribution is 2.30. The average molecular weight is 398 g/mol. The number of sulfone groups is 1. The minimum atomic E-state index is -3.77. The zero-order valence-corrected chi connectivity index (χ0v) is 15.1. The maximum atomic E-state index is 14.2. The van der Waals surface area contributed by atoms with Crippen molar-refractivity contribution in [3.05, 3.63) is 65.4 Å². The summed E-state index contributed by atoms with van der Waals surface area (Å²) in [6.45, 7) is 1.51. The third-order valence-corrected chi connectivity index (χ3v) is 5.10. The van der Waals surface area contributed by atoms with Crippen LogP contribution >= 0.6 is 0 Å². The quantitative estimate of drug-likeness (QED) is 0.610. The first-order chi connectivity index (χ1) is 12.6. The fourth-order valence-corrected chi connectivity index (χ4v) is 3.36. The van der Waals surface area contributed by atoms with Gasteiger partial charge in [-0.15, -0.1) is 0 Å². The molecule has 0 unspecified atom stereocenters. The summed E-state index contributed by atoms with van der Waals surface area (Å²) in [5, 5.41) is 3.83. The normalized spacial score (nSPS) is 12.0. The molecule has 0 aliphatic carbocycles. The monoisotopic (exact) mass is 398 g/mol. The molecule has 0 bridgehead atoms. The van der Waals surface area contributed by atoms with Crippen LogP contribution < -0.4 is 0 Å². The smallest absolute Gasteiger partial charge is 0.233 e. The molecule has 0 aliphatic rings. The summed E-state index contributed by atoms with van der Waals surface area (Å²) >= 11 is 0. The maximum Gasteiger partial charge on any atom is 0.282 e. The van der Waals surface area contributed by atoms with Crippen molar-refractivity contribution in [3.8, 4) is 16.9 Å². The second kappa shape index (κ2) is 6.80. The van der Waals surface area contributed by atoms with Crippen molar-refractivity contribution < 1.29 is 26.0 Å².